The third kappa shape index (κ3) is 4.31. The molecule has 2 atom stereocenters. The van der Waals surface area contributed by atoms with Gasteiger partial charge in [-0.1, -0.05) is 32.9 Å². The number of thiophene rings is 1. The molecule has 2 N–H and O–H groups in total. The van der Waals surface area contributed by atoms with E-state index in [1.807, 2.05) is 18.2 Å². The molecule has 2 rings (SSSR count). The Kier molecular flexibility index (Phi) is 5.85. The summed E-state index contributed by atoms with van der Waals surface area (Å²) < 4.78 is 7.32. The van der Waals surface area contributed by atoms with Crippen molar-refractivity contribution in [1.29, 1.82) is 0 Å². The molecule has 0 amide bonds. The molecule has 0 spiro atoms. The highest BCUT2D eigenvalue weighted by atomic mass is 79.9. The lowest BCUT2D eigenvalue weighted by Gasteiger charge is -2.24. The largest absolute Gasteiger partial charge is 0.483 e. The third-order valence-electron chi connectivity index (χ3n) is 3.52. The van der Waals surface area contributed by atoms with Crippen molar-refractivity contribution in [3.05, 3.63) is 50.6 Å². The van der Waals surface area contributed by atoms with Gasteiger partial charge in [0.1, 0.15) is 11.9 Å². The second-order valence-corrected chi connectivity index (χ2v) is 7.97. The molecular weight excluding hydrogens is 346 g/mol. The smallest absolute Gasteiger partial charge is 0.148 e. The summed E-state index contributed by atoms with van der Waals surface area (Å²) in [4.78, 5) is 1.16. The molecule has 21 heavy (non-hydrogen) atoms. The van der Waals surface area contributed by atoms with Crippen LogP contribution < -0.4 is 10.5 Å². The second kappa shape index (κ2) is 7.43. The number of hydrogen-bond donors (Lipinski definition) is 1. The van der Waals surface area contributed by atoms with Crippen LogP contribution in [0.5, 0.6) is 5.75 Å². The van der Waals surface area contributed by atoms with Crippen LogP contribution in [0.1, 0.15) is 49.7 Å². The molecule has 2 aromatic rings. The van der Waals surface area contributed by atoms with Gasteiger partial charge in [0.05, 0.1) is 3.79 Å². The number of benzene rings is 1. The van der Waals surface area contributed by atoms with Gasteiger partial charge >= 0.3 is 0 Å². The van der Waals surface area contributed by atoms with Crippen LogP contribution in [-0.2, 0) is 0 Å². The van der Waals surface area contributed by atoms with Crippen LogP contribution in [0.2, 0.25) is 0 Å². The number of ether oxygens (including phenoxy) is 1. The van der Waals surface area contributed by atoms with Crippen molar-refractivity contribution in [3.8, 4) is 5.75 Å². The zero-order valence-electron chi connectivity index (χ0n) is 12.7. The first kappa shape index (κ1) is 16.5. The van der Waals surface area contributed by atoms with Crippen LogP contribution >= 0.6 is 27.3 Å². The van der Waals surface area contributed by atoms with E-state index < -0.39 is 0 Å². The van der Waals surface area contributed by atoms with Gasteiger partial charge in [0.2, 0.25) is 0 Å². The summed E-state index contributed by atoms with van der Waals surface area (Å²) in [5.74, 6) is 1.38. The number of rotatable bonds is 6. The van der Waals surface area contributed by atoms with Crippen LogP contribution in [0.3, 0.4) is 0 Å². The van der Waals surface area contributed by atoms with Gasteiger partial charge in [0.25, 0.3) is 0 Å². The van der Waals surface area contributed by atoms with Crippen molar-refractivity contribution in [3.63, 3.8) is 0 Å². The molecule has 0 fully saturated rings. The van der Waals surface area contributed by atoms with E-state index in [9.17, 15) is 0 Å². The predicted molar refractivity (Wildman–Crippen MR) is 94.2 cm³/mol. The molecule has 0 saturated carbocycles. The average Bonchev–Trinajstić information content (AvgIpc) is 2.90. The highest BCUT2D eigenvalue weighted by Gasteiger charge is 2.22. The Hall–Kier alpha value is -0.840. The van der Waals surface area contributed by atoms with Crippen molar-refractivity contribution < 1.29 is 4.74 Å². The van der Waals surface area contributed by atoms with Crippen LogP contribution in [0, 0.1) is 0 Å². The van der Waals surface area contributed by atoms with Gasteiger partial charge in [-0.2, -0.15) is 0 Å². The molecule has 0 bridgehead atoms. The molecule has 2 unspecified atom stereocenters. The van der Waals surface area contributed by atoms with E-state index in [1.165, 1.54) is 5.56 Å². The predicted octanol–water partition coefficient (Wildman–Crippen LogP) is 5.49. The van der Waals surface area contributed by atoms with Gasteiger partial charge < -0.3 is 10.5 Å². The molecule has 1 aromatic heterocycles. The topological polar surface area (TPSA) is 35.2 Å². The van der Waals surface area contributed by atoms with Crippen LogP contribution in [0.15, 0.2) is 40.2 Å². The van der Waals surface area contributed by atoms with E-state index >= 15 is 0 Å². The summed E-state index contributed by atoms with van der Waals surface area (Å²) in [5, 5.41) is 0. The molecule has 0 aliphatic rings. The minimum Gasteiger partial charge on any atom is -0.483 e. The van der Waals surface area contributed by atoms with E-state index in [0.717, 1.165) is 20.8 Å². The molecule has 1 aromatic carbocycles. The molecule has 0 radical (unpaired) electrons. The highest BCUT2D eigenvalue weighted by molar-refractivity contribution is 9.11. The van der Waals surface area contributed by atoms with Crippen molar-refractivity contribution in [2.45, 2.75) is 45.3 Å². The summed E-state index contributed by atoms with van der Waals surface area (Å²) >= 11 is 5.19. The summed E-state index contributed by atoms with van der Waals surface area (Å²) in [6.45, 7) is 6.46. The first-order chi connectivity index (χ1) is 10.0. The van der Waals surface area contributed by atoms with Crippen molar-refractivity contribution in [1.82, 2.24) is 0 Å². The molecule has 4 heteroatoms. The Morgan fingerprint density at radius 3 is 2.57 bits per heavy atom. The molecule has 2 nitrogen and oxygen atoms in total. The summed E-state index contributed by atoms with van der Waals surface area (Å²) in [7, 11) is 0. The van der Waals surface area contributed by atoms with Gasteiger partial charge in [-0.15, -0.1) is 11.3 Å². The fourth-order valence-corrected chi connectivity index (χ4v) is 3.67. The molecule has 0 saturated heterocycles. The molecule has 1 heterocycles. The Bertz CT molecular complexity index is 582. The second-order valence-electron chi connectivity index (χ2n) is 5.48. The van der Waals surface area contributed by atoms with Gasteiger partial charge in [0.15, 0.2) is 0 Å². The first-order valence-corrected chi connectivity index (χ1v) is 8.89. The van der Waals surface area contributed by atoms with Crippen molar-refractivity contribution in [2.75, 3.05) is 0 Å². The average molecular weight is 368 g/mol. The maximum Gasteiger partial charge on any atom is 0.148 e. The van der Waals surface area contributed by atoms with E-state index in [-0.39, 0.29) is 12.1 Å². The van der Waals surface area contributed by atoms with E-state index in [1.54, 1.807) is 11.3 Å². The zero-order chi connectivity index (χ0) is 15.4. The van der Waals surface area contributed by atoms with E-state index in [4.69, 9.17) is 10.5 Å². The molecule has 114 valence electrons. The zero-order valence-corrected chi connectivity index (χ0v) is 15.1. The third-order valence-corrected chi connectivity index (χ3v) is 5.21. The van der Waals surface area contributed by atoms with Gasteiger partial charge in [-0.05, 0) is 58.1 Å². The van der Waals surface area contributed by atoms with E-state index in [0.29, 0.717) is 5.92 Å². The molecule has 0 aliphatic heterocycles. The van der Waals surface area contributed by atoms with Gasteiger partial charge in [-0.25, -0.2) is 0 Å². The fraction of sp³-hybridized carbons (Fsp3) is 0.412. The lowest BCUT2D eigenvalue weighted by Crippen LogP contribution is -2.30. The Balaban J connectivity index is 2.25. The van der Waals surface area contributed by atoms with Crippen molar-refractivity contribution >= 4 is 27.3 Å². The standard InChI is InChI=1S/C17H22BrNOS/c1-4-14(19)17(15-8-9-16(18)21-15)20-13-7-5-6-12(10-13)11(2)3/h5-11,14,17H,4,19H2,1-3H3. The quantitative estimate of drug-likeness (QED) is 0.732. The molecule has 0 aliphatic carbocycles. The Labute approximate surface area is 139 Å². The SMILES string of the molecule is CCC(N)C(Oc1cccc(C(C)C)c1)c1ccc(Br)s1. The van der Waals surface area contributed by atoms with E-state index in [2.05, 4.69) is 54.9 Å². The first-order valence-electron chi connectivity index (χ1n) is 7.28. The Morgan fingerprint density at radius 1 is 1.24 bits per heavy atom. The summed E-state index contributed by atoms with van der Waals surface area (Å²) in [6.07, 6.45) is 0.776. The Morgan fingerprint density at radius 2 is 2.00 bits per heavy atom. The highest BCUT2D eigenvalue weighted by Crippen LogP contribution is 2.33. The summed E-state index contributed by atoms with van der Waals surface area (Å²) in [6, 6.07) is 12.4. The monoisotopic (exact) mass is 367 g/mol. The summed E-state index contributed by atoms with van der Waals surface area (Å²) in [5.41, 5.74) is 7.55. The number of nitrogens with two attached hydrogens (primary N) is 1. The van der Waals surface area contributed by atoms with Crippen LogP contribution in [-0.4, -0.2) is 6.04 Å². The minimum absolute atomic E-state index is 0.0155. The fourth-order valence-electron chi connectivity index (χ4n) is 2.15. The van der Waals surface area contributed by atoms with Gasteiger partial charge in [-0.3, -0.25) is 0 Å². The minimum atomic E-state index is -0.103. The maximum atomic E-state index is 6.27. The van der Waals surface area contributed by atoms with Crippen molar-refractivity contribution in [2.24, 2.45) is 5.73 Å². The lowest BCUT2D eigenvalue weighted by atomic mass is 10.0. The molecular formula is C17H22BrNOS. The number of halogens is 1. The normalized spacial score (nSPS) is 14.2. The van der Waals surface area contributed by atoms with Crippen LogP contribution in [0.4, 0.5) is 0 Å². The lowest BCUT2D eigenvalue weighted by molar-refractivity contribution is 0.174. The van der Waals surface area contributed by atoms with Crippen LogP contribution in [0.25, 0.3) is 0 Å². The maximum absolute atomic E-state index is 6.27. The number of hydrogen-bond acceptors (Lipinski definition) is 3. The van der Waals surface area contributed by atoms with Gasteiger partial charge in [0, 0.05) is 10.9 Å².